The second-order valence-corrected chi connectivity index (χ2v) is 9.63. The van der Waals surface area contributed by atoms with Gasteiger partial charge in [-0.05, 0) is 61.7 Å². The van der Waals surface area contributed by atoms with E-state index in [4.69, 9.17) is 0 Å². The zero-order chi connectivity index (χ0) is 22.2. The molecule has 1 N–H and O–H groups in total. The fourth-order valence-corrected chi connectivity index (χ4v) is 5.17. The Kier molecular flexibility index (Phi) is 5.41. The van der Waals surface area contributed by atoms with Crippen LogP contribution in [0.1, 0.15) is 32.6 Å². The van der Waals surface area contributed by atoms with Crippen molar-refractivity contribution >= 4 is 27.2 Å². The van der Waals surface area contributed by atoms with Gasteiger partial charge in [-0.1, -0.05) is 48.0 Å². The number of hydrogen-bond donors (Lipinski definition) is 1. The SMILES string of the molecule is Cc1cccc(CN2c3ccccc3C(=O)C(=CNc3ccc(C)c(C)c3)S2(=O)=O)c1. The standard InChI is InChI=1S/C25H24N2O3S/c1-17-7-6-8-20(13-17)16-27-23-10-5-4-9-22(23)25(28)24(31(27,29)30)15-26-21-12-11-18(2)19(3)14-21/h4-15,26H,16H2,1-3H3. The molecule has 0 unspecified atom stereocenters. The van der Waals surface area contributed by atoms with E-state index in [0.29, 0.717) is 11.3 Å². The number of fused-ring (bicyclic) bond motifs is 1. The van der Waals surface area contributed by atoms with E-state index in [1.165, 1.54) is 10.5 Å². The molecule has 0 aliphatic carbocycles. The molecule has 0 bridgehead atoms. The molecular formula is C25H24N2O3S. The molecular weight excluding hydrogens is 408 g/mol. The third-order valence-corrected chi connectivity index (χ3v) is 7.26. The second-order valence-electron chi connectivity index (χ2n) is 7.80. The fourth-order valence-electron chi connectivity index (χ4n) is 3.65. The summed E-state index contributed by atoms with van der Waals surface area (Å²) < 4.78 is 28.3. The number of ketones is 1. The van der Waals surface area contributed by atoms with Gasteiger partial charge in [0, 0.05) is 17.5 Å². The summed E-state index contributed by atoms with van der Waals surface area (Å²) in [7, 11) is -4.04. The number of para-hydroxylation sites is 1. The zero-order valence-electron chi connectivity index (χ0n) is 17.7. The predicted molar refractivity (Wildman–Crippen MR) is 125 cm³/mol. The van der Waals surface area contributed by atoms with E-state index in [9.17, 15) is 13.2 Å². The van der Waals surface area contributed by atoms with Crippen molar-refractivity contribution in [2.75, 3.05) is 9.62 Å². The van der Waals surface area contributed by atoms with Gasteiger partial charge in [0.25, 0.3) is 10.0 Å². The van der Waals surface area contributed by atoms with E-state index in [2.05, 4.69) is 5.32 Å². The van der Waals surface area contributed by atoms with Crippen molar-refractivity contribution in [1.29, 1.82) is 0 Å². The number of hydrogen-bond acceptors (Lipinski definition) is 4. The van der Waals surface area contributed by atoms with Crippen LogP contribution >= 0.6 is 0 Å². The first-order chi connectivity index (χ1) is 14.8. The maximum atomic E-state index is 13.5. The van der Waals surface area contributed by atoms with Crippen LogP contribution in [0.2, 0.25) is 0 Å². The van der Waals surface area contributed by atoms with Gasteiger partial charge in [-0.3, -0.25) is 9.10 Å². The molecule has 1 heterocycles. The summed E-state index contributed by atoms with van der Waals surface area (Å²) >= 11 is 0. The molecule has 1 aliphatic heterocycles. The summed E-state index contributed by atoms with van der Waals surface area (Å²) in [5.41, 5.74) is 5.61. The van der Waals surface area contributed by atoms with Gasteiger partial charge in [0.05, 0.1) is 12.2 Å². The number of carbonyl (C=O) groups excluding carboxylic acids is 1. The minimum Gasteiger partial charge on any atom is -0.360 e. The highest BCUT2D eigenvalue weighted by molar-refractivity contribution is 7.97. The van der Waals surface area contributed by atoms with Gasteiger partial charge >= 0.3 is 0 Å². The summed E-state index contributed by atoms with van der Waals surface area (Å²) in [5, 5.41) is 3.00. The van der Waals surface area contributed by atoms with Crippen molar-refractivity contribution in [3.8, 4) is 0 Å². The van der Waals surface area contributed by atoms with Crippen molar-refractivity contribution in [1.82, 2.24) is 0 Å². The molecule has 0 aromatic heterocycles. The highest BCUT2D eigenvalue weighted by Gasteiger charge is 2.40. The topological polar surface area (TPSA) is 66.5 Å². The normalized spacial score (nSPS) is 16.3. The number of sulfonamides is 1. The van der Waals surface area contributed by atoms with Gasteiger partial charge in [0.1, 0.15) is 0 Å². The lowest BCUT2D eigenvalue weighted by Gasteiger charge is -2.31. The number of allylic oxidation sites excluding steroid dienone is 1. The monoisotopic (exact) mass is 432 g/mol. The fraction of sp³-hybridized carbons (Fsp3) is 0.160. The quantitative estimate of drug-likeness (QED) is 0.583. The smallest absolute Gasteiger partial charge is 0.270 e. The largest absolute Gasteiger partial charge is 0.360 e. The van der Waals surface area contributed by atoms with Crippen LogP contribution in [-0.2, 0) is 16.6 Å². The van der Waals surface area contributed by atoms with Gasteiger partial charge in [-0.2, -0.15) is 0 Å². The molecule has 0 radical (unpaired) electrons. The van der Waals surface area contributed by atoms with Crippen molar-refractivity contribution in [3.05, 3.63) is 106 Å². The molecule has 0 atom stereocenters. The molecule has 0 amide bonds. The Morgan fingerprint density at radius 3 is 2.42 bits per heavy atom. The molecule has 0 fully saturated rings. The zero-order valence-corrected chi connectivity index (χ0v) is 18.5. The Balaban J connectivity index is 1.78. The lowest BCUT2D eigenvalue weighted by Crippen LogP contribution is -2.39. The molecule has 31 heavy (non-hydrogen) atoms. The van der Waals surface area contributed by atoms with Crippen molar-refractivity contribution in [2.45, 2.75) is 27.3 Å². The number of rotatable bonds is 4. The number of nitrogens with one attached hydrogen (secondary N) is 1. The summed E-state index contributed by atoms with van der Waals surface area (Å²) in [6.07, 6.45) is 1.31. The Hall–Kier alpha value is -3.38. The Morgan fingerprint density at radius 2 is 1.68 bits per heavy atom. The van der Waals surface area contributed by atoms with Crippen LogP contribution in [0.15, 0.2) is 77.8 Å². The van der Waals surface area contributed by atoms with Crippen molar-refractivity contribution in [3.63, 3.8) is 0 Å². The van der Waals surface area contributed by atoms with E-state index in [-0.39, 0.29) is 11.4 Å². The van der Waals surface area contributed by atoms with E-state index >= 15 is 0 Å². The highest BCUT2D eigenvalue weighted by Crippen LogP contribution is 2.36. The third-order valence-electron chi connectivity index (χ3n) is 5.49. The Bertz CT molecular complexity index is 1310. The molecule has 158 valence electrons. The number of anilines is 2. The first-order valence-electron chi connectivity index (χ1n) is 10.0. The first kappa shape index (κ1) is 20.9. The summed E-state index contributed by atoms with van der Waals surface area (Å²) in [6, 6.07) is 20.3. The number of benzene rings is 3. The Labute approximate surface area is 183 Å². The van der Waals surface area contributed by atoms with Gasteiger partial charge in [0.2, 0.25) is 5.78 Å². The molecule has 1 aliphatic rings. The minimum absolute atomic E-state index is 0.148. The van der Waals surface area contributed by atoms with Crippen LogP contribution in [0, 0.1) is 20.8 Å². The van der Waals surface area contributed by atoms with Crippen molar-refractivity contribution in [2.24, 2.45) is 0 Å². The highest BCUT2D eigenvalue weighted by atomic mass is 32.2. The number of Topliss-reactive ketones (excluding diaryl/α,β-unsaturated/α-hetero) is 1. The molecule has 0 saturated heterocycles. The lowest BCUT2D eigenvalue weighted by molar-refractivity contribution is 0.104. The number of aryl methyl sites for hydroxylation is 3. The van der Waals surface area contributed by atoms with E-state index in [1.807, 2.05) is 63.2 Å². The van der Waals surface area contributed by atoms with Gasteiger partial charge in [0.15, 0.2) is 4.91 Å². The Morgan fingerprint density at radius 1 is 0.903 bits per heavy atom. The average molecular weight is 433 g/mol. The van der Waals surface area contributed by atoms with Crippen LogP contribution in [0.3, 0.4) is 0 Å². The molecule has 5 nitrogen and oxygen atoms in total. The van der Waals surface area contributed by atoms with E-state index < -0.39 is 15.8 Å². The van der Waals surface area contributed by atoms with E-state index in [1.54, 1.807) is 24.3 Å². The molecule has 4 rings (SSSR count). The minimum atomic E-state index is -4.04. The van der Waals surface area contributed by atoms with Crippen LogP contribution in [0.5, 0.6) is 0 Å². The maximum Gasteiger partial charge on any atom is 0.270 e. The van der Waals surface area contributed by atoms with Crippen LogP contribution in [-0.4, -0.2) is 14.2 Å². The molecule has 3 aromatic rings. The maximum absolute atomic E-state index is 13.5. The van der Waals surface area contributed by atoms with E-state index in [0.717, 1.165) is 27.9 Å². The number of carbonyl (C=O) groups is 1. The van der Waals surface area contributed by atoms with Crippen molar-refractivity contribution < 1.29 is 13.2 Å². The molecule has 0 spiro atoms. The van der Waals surface area contributed by atoms with Gasteiger partial charge < -0.3 is 5.32 Å². The number of nitrogens with zero attached hydrogens (tertiary/aromatic N) is 1. The van der Waals surface area contributed by atoms with Gasteiger partial charge in [-0.15, -0.1) is 0 Å². The summed E-state index contributed by atoms with van der Waals surface area (Å²) in [5.74, 6) is -0.507. The average Bonchev–Trinajstić information content (AvgIpc) is 2.73. The third kappa shape index (κ3) is 3.99. The predicted octanol–water partition coefficient (Wildman–Crippen LogP) is 5.10. The molecule has 0 saturated carbocycles. The molecule has 3 aromatic carbocycles. The molecule has 6 heteroatoms. The lowest BCUT2D eigenvalue weighted by atomic mass is 10.1. The first-order valence-corrected chi connectivity index (χ1v) is 11.5. The van der Waals surface area contributed by atoms with Gasteiger partial charge in [-0.25, -0.2) is 8.42 Å². The second kappa shape index (κ2) is 8.04. The summed E-state index contributed by atoms with van der Waals surface area (Å²) in [6.45, 7) is 6.10. The van der Waals surface area contributed by atoms with Crippen LogP contribution < -0.4 is 9.62 Å². The van der Waals surface area contributed by atoms with Crippen LogP contribution in [0.25, 0.3) is 0 Å². The summed E-state index contributed by atoms with van der Waals surface area (Å²) in [4.78, 5) is 12.8. The van der Waals surface area contributed by atoms with Crippen LogP contribution in [0.4, 0.5) is 11.4 Å².